The number of hydrogen-bond donors (Lipinski definition) is 1. The van der Waals surface area contributed by atoms with Gasteiger partial charge in [0.2, 0.25) is 5.88 Å². The van der Waals surface area contributed by atoms with Crippen molar-refractivity contribution in [1.82, 2.24) is 14.7 Å². The van der Waals surface area contributed by atoms with Crippen LogP contribution in [0, 0.1) is 0 Å². The third-order valence-corrected chi connectivity index (χ3v) is 3.29. The van der Waals surface area contributed by atoms with Gasteiger partial charge in [0, 0.05) is 19.6 Å². The first-order valence-corrected chi connectivity index (χ1v) is 6.27. The zero-order chi connectivity index (χ0) is 12.4. The molecule has 1 aliphatic rings. The van der Waals surface area contributed by atoms with E-state index in [9.17, 15) is 0 Å². The maximum absolute atomic E-state index is 5.98. The van der Waals surface area contributed by atoms with Gasteiger partial charge in [0.1, 0.15) is 12.3 Å². The molecule has 96 valence electrons. The molecule has 17 heavy (non-hydrogen) atoms. The maximum Gasteiger partial charge on any atom is 0.235 e. The lowest BCUT2D eigenvalue weighted by Crippen LogP contribution is -2.26. The van der Waals surface area contributed by atoms with Crippen LogP contribution in [-0.2, 0) is 13.5 Å². The molecule has 0 bridgehead atoms. The van der Waals surface area contributed by atoms with E-state index in [1.807, 2.05) is 14.0 Å². The van der Waals surface area contributed by atoms with E-state index in [2.05, 4.69) is 17.0 Å². The van der Waals surface area contributed by atoms with Gasteiger partial charge in [-0.05, 0) is 26.3 Å². The molecule has 0 aromatic carbocycles. The van der Waals surface area contributed by atoms with Crippen LogP contribution in [0.15, 0.2) is 0 Å². The molecule has 0 radical (unpaired) electrons. The van der Waals surface area contributed by atoms with Crippen molar-refractivity contribution in [3.63, 3.8) is 0 Å². The zero-order valence-corrected chi connectivity index (χ0v) is 10.9. The van der Waals surface area contributed by atoms with Crippen molar-refractivity contribution < 1.29 is 4.74 Å². The van der Waals surface area contributed by atoms with Gasteiger partial charge in [-0.2, -0.15) is 5.10 Å². The molecule has 5 heteroatoms. The van der Waals surface area contributed by atoms with E-state index in [0.29, 0.717) is 18.2 Å². The van der Waals surface area contributed by atoms with Gasteiger partial charge in [-0.15, -0.1) is 0 Å². The van der Waals surface area contributed by atoms with Crippen LogP contribution in [0.1, 0.15) is 25.5 Å². The predicted molar refractivity (Wildman–Crippen MR) is 68.1 cm³/mol. The quantitative estimate of drug-likeness (QED) is 0.804. The van der Waals surface area contributed by atoms with E-state index in [4.69, 9.17) is 10.5 Å². The van der Waals surface area contributed by atoms with Gasteiger partial charge < -0.3 is 15.4 Å². The second kappa shape index (κ2) is 4.96. The Morgan fingerprint density at radius 1 is 1.53 bits per heavy atom. The second-order valence-corrected chi connectivity index (χ2v) is 4.70. The zero-order valence-electron chi connectivity index (χ0n) is 10.9. The summed E-state index contributed by atoms with van der Waals surface area (Å²) in [5.74, 6) is 0.700. The lowest BCUT2D eigenvalue weighted by Gasteiger charge is -2.15. The molecule has 0 saturated heterocycles. The van der Waals surface area contributed by atoms with Gasteiger partial charge in [0.05, 0.1) is 5.69 Å². The lowest BCUT2D eigenvalue weighted by atomic mass is 10.3. The van der Waals surface area contributed by atoms with E-state index < -0.39 is 0 Å². The summed E-state index contributed by atoms with van der Waals surface area (Å²) in [4.78, 5) is 2.34. The fraction of sp³-hybridized carbons (Fsp3) is 0.750. The predicted octanol–water partition coefficient (Wildman–Crippen LogP) is 1.04. The fourth-order valence-corrected chi connectivity index (χ4v) is 1.99. The Morgan fingerprint density at radius 3 is 2.76 bits per heavy atom. The monoisotopic (exact) mass is 238 g/mol. The Hall–Kier alpha value is -1.23. The van der Waals surface area contributed by atoms with Gasteiger partial charge in [0.25, 0.3) is 0 Å². The highest BCUT2D eigenvalue weighted by Gasteiger charge is 2.25. The van der Waals surface area contributed by atoms with Gasteiger partial charge in [0.15, 0.2) is 0 Å². The normalized spacial score (nSPS) is 15.5. The molecule has 1 saturated carbocycles. The minimum atomic E-state index is 0.667. The number of hydrogen-bond acceptors (Lipinski definition) is 4. The summed E-state index contributed by atoms with van der Waals surface area (Å²) in [6.45, 7) is 3.65. The molecule has 0 atom stereocenters. The Balaban J connectivity index is 1.87. The van der Waals surface area contributed by atoms with Gasteiger partial charge in [-0.25, -0.2) is 4.68 Å². The first-order chi connectivity index (χ1) is 8.13. The molecule has 1 aromatic rings. The average Bonchev–Trinajstić information content (AvgIpc) is 3.10. The Bertz CT molecular complexity index is 384. The fourth-order valence-electron chi connectivity index (χ4n) is 1.99. The molecular formula is C12H22N4O. The summed E-state index contributed by atoms with van der Waals surface area (Å²) in [5, 5.41) is 4.33. The SMILES string of the molecule is CCc1nn(C)c(OCCN(C)C2CC2)c1N. The van der Waals surface area contributed by atoms with Crippen LogP contribution in [0.25, 0.3) is 0 Å². The number of likely N-dealkylation sites (N-methyl/N-ethyl adjacent to an activating group) is 1. The van der Waals surface area contributed by atoms with Crippen molar-refractivity contribution in [1.29, 1.82) is 0 Å². The molecule has 2 rings (SSSR count). The standard InChI is InChI=1S/C12H22N4O/c1-4-10-11(13)12(16(3)14-10)17-8-7-15(2)9-5-6-9/h9H,4-8,13H2,1-3H3. The molecular weight excluding hydrogens is 216 g/mol. The first-order valence-electron chi connectivity index (χ1n) is 6.27. The second-order valence-electron chi connectivity index (χ2n) is 4.70. The number of anilines is 1. The molecule has 1 aliphatic carbocycles. The molecule has 1 heterocycles. The molecule has 2 N–H and O–H groups in total. The van der Waals surface area contributed by atoms with E-state index >= 15 is 0 Å². The van der Waals surface area contributed by atoms with E-state index in [0.717, 1.165) is 24.7 Å². The summed E-state index contributed by atoms with van der Waals surface area (Å²) < 4.78 is 7.46. The molecule has 0 amide bonds. The van der Waals surface area contributed by atoms with Crippen LogP contribution >= 0.6 is 0 Å². The summed E-state index contributed by atoms with van der Waals surface area (Å²) in [6.07, 6.45) is 3.49. The van der Waals surface area contributed by atoms with E-state index in [1.54, 1.807) is 4.68 Å². The highest BCUT2D eigenvalue weighted by atomic mass is 16.5. The van der Waals surface area contributed by atoms with Gasteiger partial charge in [-0.1, -0.05) is 6.92 Å². The van der Waals surface area contributed by atoms with Crippen LogP contribution < -0.4 is 10.5 Å². The number of nitrogens with two attached hydrogens (primary N) is 1. The van der Waals surface area contributed by atoms with Crippen molar-refractivity contribution >= 4 is 5.69 Å². The van der Waals surface area contributed by atoms with Crippen molar-refractivity contribution in [2.24, 2.45) is 7.05 Å². The summed E-state index contributed by atoms with van der Waals surface area (Å²) in [7, 11) is 4.01. The number of aromatic nitrogens is 2. The van der Waals surface area contributed by atoms with Gasteiger partial charge >= 0.3 is 0 Å². The van der Waals surface area contributed by atoms with Crippen molar-refractivity contribution in [2.75, 3.05) is 25.9 Å². The van der Waals surface area contributed by atoms with E-state index in [1.165, 1.54) is 12.8 Å². The topological polar surface area (TPSA) is 56.3 Å². The van der Waals surface area contributed by atoms with Crippen molar-refractivity contribution in [2.45, 2.75) is 32.2 Å². The Labute approximate surface area is 103 Å². The van der Waals surface area contributed by atoms with Crippen LogP contribution in [0.5, 0.6) is 5.88 Å². The van der Waals surface area contributed by atoms with Crippen LogP contribution in [0.2, 0.25) is 0 Å². The van der Waals surface area contributed by atoms with Crippen molar-refractivity contribution in [3.8, 4) is 5.88 Å². The smallest absolute Gasteiger partial charge is 0.235 e. The first kappa shape index (κ1) is 12.2. The molecule has 1 aromatic heterocycles. The number of nitrogens with zero attached hydrogens (tertiary/aromatic N) is 3. The molecule has 5 nitrogen and oxygen atoms in total. The summed E-state index contributed by atoms with van der Waals surface area (Å²) in [5.41, 5.74) is 7.58. The van der Waals surface area contributed by atoms with E-state index in [-0.39, 0.29) is 0 Å². The molecule has 0 aliphatic heterocycles. The highest BCUT2D eigenvalue weighted by molar-refractivity contribution is 5.53. The number of nitrogen functional groups attached to an aromatic ring is 1. The number of aryl methyl sites for hydroxylation is 2. The lowest BCUT2D eigenvalue weighted by molar-refractivity contribution is 0.221. The Morgan fingerprint density at radius 2 is 2.24 bits per heavy atom. The molecule has 0 unspecified atom stereocenters. The molecule has 0 spiro atoms. The third-order valence-electron chi connectivity index (χ3n) is 3.29. The maximum atomic E-state index is 5.98. The Kier molecular flexibility index (Phi) is 3.57. The minimum absolute atomic E-state index is 0.667. The van der Waals surface area contributed by atoms with Crippen LogP contribution in [0.4, 0.5) is 5.69 Å². The third kappa shape index (κ3) is 2.72. The highest BCUT2D eigenvalue weighted by Crippen LogP contribution is 2.26. The largest absolute Gasteiger partial charge is 0.475 e. The number of rotatable bonds is 6. The molecule has 1 fully saturated rings. The van der Waals surface area contributed by atoms with Crippen molar-refractivity contribution in [3.05, 3.63) is 5.69 Å². The minimum Gasteiger partial charge on any atom is -0.475 e. The van der Waals surface area contributed by atoms with Crippen LogP contribution in [-0.4, -0.2) is 40.9 Å². The summed E-state index contributed by atoms with van der Waals surface area (Å²) >= 11 is 0. The average molecular weight is 238 g/mol. The van der Waals surface area contributed by atoms with Crippen LogP contribution in [0.3, 0.4) is 0 Å². The van der Waals surface area contributed by atoms with Gasteiger partial charge in [-0.3, -0.25) is 0 Å². The number of ether oxygens (including phenoxy) is 1. The summed E-state index contributed by atoms with van der Waals surface area (Å²) in [6, 6.07) is 0.772.